The van der Waals surface area contributed by atoms with Gasteiger partial charge in [0.25, 0.3) is 5.91 Å². The Morgan fingerprint density at radius 2 is 1.54 bits per heavy atom. The van der Waals surface area contributed by atoms with Gasteiger partial charge in [-0.2, -0.15) is 0 Å². The van der Waals surface area contributed by atoms with E-state index < -0.39 is 0 Å². The Morgan fingerprint density at radius 1 is 0.857 bits per heavy atom. The van der Waals surface area contributed by atoms with Gasteiger partial charge >= 0.3 is 0 Å². The summed E-state index contributed by atoms with van der Waals surface area (Å²) in [4.78, 5) is 17.4. The summed E-state index contributed by atoms with van der Waals surface area (Å²) in [6.45, 7) is 3.09. The first-order valence-corrected chi connectivity index (χ1v) is 11.8. The van der Waals surface area contributed by atoms with Crippen LogP contribution in [-0.4, -0.2) is 22.0 Å². The van der Waals surface area contributed by atoms with Crippen LogP contribution in [0.1, 0.15) is 27.3 Å². The molecule has 5 heteroatoms. The predicted octanol–water partition coefficient (Wildman–Crippen LogP) is 5.89. The number of carbonyl (C=O) groups excluding carboxylic acids is 1. The third-order valence-corrected chi connectivity index (χ3v) is 5.97. The number of imidazole rings is 1. The van der Waals surface area contributed by atoms with Gasteiger partial charge in [0, 0.05) is 17.8 Å². The lowest BCUT2D eigenvalue weighted by molar-refractivity contribution is 0.0954. The maximum atomic E-state index is 12.7. The summed E-state index contributed by atoms with van der Waals surface area (Å²) in [7, 11) is 0. The normalized spacial score (nSPS) is 10.9. The molecule has 1 aromatic heterocycles. The molecule has 0 fully saturated rings. The van der Waals surface area contributed by atoms with Gasteiger partial charge < -0.3 is 10.1 Å². The molecular weight excluding hydrogens is 434 g/mol. The SMILES string of the molecule is Cc1nc2cc(C(=O)NCCc3ccccc3)ccc2n1-c1ccc(OCc2ccccc2)cc1. The van der Waals surface area contributed by atoms with Crippen molar-refractivity contribution in [3.63, 3.8) is 0 Å². The second kappa shape index (κ2) is 10.3. The first-order valence-electron chi connectivity index (χ1n) is 11.8. The average Bonchev–Trinajstić information content (AvgIpc) is 3.24. The number of fused-ring (bicyclic) bond motifs is 1. The van der Waals surface area contributed by atoms with Crippen molar-refractivity contribution in [3.05, 3.63) is 126 Å². The molecule has 0 bridgehead atoms. The predicted molar refractivity (Wildman–Crippen MR) is 139 cm³/mol. The quantitative estimate of drug-likeness (QED) is 0.314. The second-order valence-corrected chi connectivity index (χ2v) is 8.46. The van der Waals surface area contributed by atoms with Gasteiger partial charge in [0.1, 0.15) is 18.2 Å². The first-order chi connectivity index (χ1) is 17.2. The molecule has 0 aliphatic heterocycles. The van der Waals surface area contributed by atoms with Crippen LogP contribution in [0.2, 0.25) is 0 Å². The lowest BCUT2D eigenvalue weighted by Gasteiger charge is -2.10. The first kappa shape index (κ1) is 22.4. The largest absolute Gasteiger partial charge is 0.489 e. The average molecular weight is 462 g/mol. The summed E-state index contributed by atoms with van der Waals surface area (Å²) in [6, 6.07) is 33.9. The number of aryl methyl sites for hydroxylation is 1. The Hall–Kier alpha value is -4.38. The molecule has 5 aromatic rings. The number of nitrogens with zero attached hydrogens (tertiary/aromatic N) is 2. The molecule has 5 nitrogen and oxygen atoms in total. The fourth-order valence-electron chi connectivity index (χ4n) is 4.17. The monoisotopic (exact) mass is 461 g/mol. The van der Waals surface area contributed by atoms with Crippen LogP contribution in [0.25, 0.3) is 16.7 Å². The van der Waals surface area contributed by atoms with Crippen molar-refractivity contribution in [3.8, 4) is 11.4 Å². The van der Waals surface area contributed by atoms with Gasteiger partial charge in [-0.05, 0) is 66.9 Å². The van der Waals surface area contributed by atoms with Crippen LogP contribution in [-0.2, 0) is 13.0 Å². The van der Waals surface area contributed by atoms with E-state index >= 15 is 0 Å². The van der Waals surface area contributed by atoms with Crippen LogP contribution in [0, 0.1) is 6.92 Å². The summed E-state index contributed by atoms with van der Waals surface area (Å²) in [5.41, 5.74) is 5.70. The van der Waals surface area contributed by atoms with Crippen LogP contribution in [0.15, 0.2) is 103 Å². The van der Waals surface area contributed by atoms with Gasteiger partial charge in [0.2, 0.25) is 0 Å². The van der Waals surface area contributed by atoms with Gasteiger partial charge in [0.05, 0.1) is 11.0 Å². The van der Waals surface area contributed by atoms with Crippen molar-refractivity contribution in [2.24, 2.45) is 0 Å². The highest BCUT2D eigenvalue weighted by molar-refractivity contribution is 5.97. The Morgan fingerprint density at radius 3 is 2.26 bits per heavy atom. The van der Waals surface area contributed by atoms with Crippen molar-refractivity contribution < 1.29 is 9.53 Å². The molecule has 35 heavy (non-hydrogen) atoms. The topological polar surface area (TPSA) is 56.2 Å². The standard InChI is InChI=1S/C30H27N3O2/c1-22-32-28-20-25(30(34)31-19-18-23-8-4-2-5-9-23)12-17-29(28)33(22)26-13-15-27(16-14-26)35-21-24-10-6-3-7-11-24/h2-17,20H,18-19,21H2,1H3,(H,31,34). The second-order valence-electron chi connectivity index (χ2n) is 8.46. The number of carbonyl (C=O) groups is 1. The van der Waals surface area contributed by atoms with Crippen molar-refractivity contribution >= 4 is 16.9 Å². The zero-order valence-corrected chi connectivity index (χ0v) is 19.6. The summed E-state index contributed by atoms with van der Waals surface area (Å²) >= 11 is 0. The number of rotatable bonds is 8. The lowest BCUT2D eigenvalue weighted by Crippen LogP contribution is -2.25. The highest BCUT2D eigenvalue weighted by Gasteiger charge is 2.13. The van der Waals surface area contributed by atoms with Crippen LogP contribution in [0.4, 0.5) is 0 Å². The number of ether oxygens (including phenoxy) is 1. The van der Waals surface area contributed by atoms with Crippen molar-refractivity contribution in [1.82, 2.24) is 14.9 Å². The van der Waals surface area contributed by atoms with E-state index in [-0.39, 0.29) is 5.91 Å². The molecule has 0 saturated heterocycles. The molecule has 4 aromatic carbocycles. The van der Waals surface area contributed by atoms with E-state index in [0.717, 1.165) is 40.3 Å². The van der Waals surface area contributed by atoms with Gasteiger partial charge in [-0.15, -0.1) is 0 Å². The fourth-order valence-corrected chi connectivity index (χ4v) is 4.17. The molecule has 0 saturated carbocycles. The van der Waals surface area contributed by atoms with E-state index in [4.69, 9.17) is 9.72 Å². The molecule has 0 atom stereocenters. The van der Waals surface area contributed by atoms with E-state index in [1.165, 1.54) is 5.56 Å². The smallest absolute Gasteiger partial charge is 0.251 e. The molecule has 1 N–H and O–H groups in total. The number of hydrogen-bond acceptors (Lipinski definition) is 3. The van der Waals surface area contributed by atoms with E-state index in [1.807, 2.05) is 97.9 Å². The molecule has 0 aliphatic carbocycles. The summed E-state index contributed by atoms with van der Waals surface area (Å²) in [6.07, 6.45) is 0.799. The number of hydrogen-bond donors (Lipinski definition) is 1. The highest BCUT2D eigenvalue weighted by atomic mass is 16.5. The van der Waals surface area contributed by atoms with Gasteiger partial charge in [-0.3, -0.25) is 9.36 Å². The summed E-state index contributed by atoms with van der Waals surface area (Å²) < 4.78 is 8.01. The number of benzene rings is 4. The third kappa shape index (κ3) is 5.25. The third-order valence-electron chi connectivity index (χ3n) is 5.97. The molecule has 5 rings (SSSR count). The molecule has 174 valence electrons. The van der Waals surface area contributed by atoms with E-state index in [1.54, 1.807) is 0 Å². The van der Waals surface area contributed by atoms with Crippen molar-refractivity contribution in [2.75, 3.05) is 6.54 Å². The molecule has 0 unspecified atom stereocenters. The van der Waals surface area contributed by atoms with Crippen LogP contribution in [0.5, 0.6) is 5.75 Å². The lowest BCUT2D eigenvalue weighted by atomic mass is 10.1. The minimum Gasteiger partial charge on any atom is -0.489 e. The molecule has 1 heterocycles. The van der Waals surface area contributed by atoms with E-state index in [2.05, 4.69) is 22.0 Å². The summed E-state index contributed by atoms with van der Waals surface area (Å²) in [5.74, 6) is 1.59. The van der Waals surface area contributed by atoms with Gasteiger partial charge in [0.15, 0.2) is 0 Å². The zero-order chi connectivity index (χ0) is 24.0. The van der Waals surface area contributed by atoms with Crippen LogP contribution in [0.3, 0.4) is 0 Å². The molecule has 0 radical (unpaired) electrons. The fraction of sp³-hybridized carbons (Fsp3) is 0.133. The minimum absolute atomic E-state index is 0.0880. The Labute approximate surface area is 205 Å². The highest BCUT2D eigenvalue weighted by Crippen LogP contribution is 2.24. The summed E-state index contributed by atoms with van der Waals surface area (Å²) in [5, 5.41) is 3.01. The Balaban J connectivity index is 1.27. The number of nitrogens with one attached hydrogen (secondary N) is 1. The van der Waals surface area contributed by atoms with Gasteiger partial charge in [-0.1, -0.05) is 60.7 Å². The van der Waals surface area contributed by atoms with Gasteiger partial charge in [-0.25, -0.2) is 4.98 Å². The maximum Gasteiger partial charge on any atom is 0.251 e. The Kier molecular flexibility index (Phi) is 6.57. The zero-order valence-electron chi connectivity index (χ0n) is 19.6. The van der Waals surface area contributed by atoms with Crippen molar-refractivity contribution in [1.29, 1.82) is 0 Å². The van der Waals surface area contributed by atoms with Crippen LogP contribution < -0.4 is 10.1 Å². The van der Waals surface area contributed by atoms with Crippen LogP contribution >= 0.6 is 0 Å². The molecular formula is C30H27N3O2. The molecule has 0 spiro atoms. The number of amides is 1. The van der Waals surface area contributed by atoms with E-state index in [0.29, 0.717) is 18.7 Å². The Bertz CT molecular complexity index is 1430. The maximum absolute atomic E-state index is 12.7. The molecule has 0 aliphatic rings. The minimum atomic E-state index is -0.0880. The number of aromatic nitrogens is 2. The van der Waals surface area contributed by atoms with Crippen molar-refractivity contribution in [2.45, 2.75) is 20.0 Å². The van der Waals surface area contributed by atoms with E-state index in [9.17, 15) is 4.79 Å². The molecule has 1 amide bonds.